The summed E-state index contributed by atoms with van der Waals surface area (Å²) in [6.07, 6.45) is 0. The third-order valence-corrected chi connectivity index (χ3v) is 6.73. The van der Waals surface area contributed by atoms with Crippen LogP contribution in [0.1, 0.15) is 47.4 Å². The summed E-state index contributed by atoms with van der Waals surface area (Å²) in [5, 5.41) is 3.32. The number of benzene rings is 1. The van der Waals surface area contributed by atoms with Gasteiger partial charge in [0.2, 0.25) is 5.91 Å². The first-order chi connectivity index (χ1) is 15.8. The van der Waals surface area contributed by atoms with Gasteiger partial charge in [-0.25, -0.2) is 9.78 Å². The molecule has 33 heavy (non-hydrogen) atoms. The number of fused-ring (bicyclic) bond motifs is 1. The van der Waals surface area contributed by atoms with Gasteiger partial charge < -0.3 is 10.1 Å². The molecule has 0 saturated carbocycles. The average molecular weight is 471 g/mol. The van der Waals surface area contributed by atoms with Gasteiger partial charge in [-0.3, -0.25) is 19.1 Å². The first kappa shape index (κ1) is 24.6. The molecule has 1 aromatic carbocycles. The smallest absolute Gasteiger partial charge is 0.340 e. The summed E-state index contributed by atoms with van der Waals surface area (Å²) in [4.78, 5) is 47.3. The first-order valence-electron chi connectivity index (χ1n) is 11.1. The number of ether oxygens (including phenoxy) is 1. The summed E-state index contributed by atoms with van der Waals surface area (Å²) < 4.78 is 6.53. The van der Waals surface area contributed by atoms with Crippen LogP contribution >= 0.6 is 11.3 Å². The van der Waals surface area contributed by atoms with Crippen molar-refractivity contribution in [2.45, 2.75) is 47.7 Å². The third-order valence-electron chi connectivity index (χ3n) is 5.63. The van der Waals surface area contributed by atoms with E-state index in [1.807, 2.05) is 27.7 Å². The van der Waals surface area contributed by atoms with Crippen LogP contribution in [-0.4, -0.2) is 46.0 Å². The molecule has 0 aliphatic carbocycles. The molecule has 0 aliphatic heterocycles. The van der Waals surface area contributed by atoms with E-state index in [0.717, 1.165) is 23.5 Å². The van der Waals surface area contributed by atoms with Crippen molar-refractivity contribution in [1.82, 2.24) is 14.5 Å². The van der Waals surface area contributed by atoms with Crippen LogP contribution < -0.4 is 10.9 Å². The first-order valence-corrected chi connectivity index (χ1v) is 11.9. The summed E-state index contributed by atoms with van der Waals surface area (Å²) >= 11 is 1.49. The Balaban J connectivity index is 1.99. The fraction of sp³-hybridized carbons (Fsp3) is 0.417. The summed E-state index contributed by atoms with van der Waals surface area (Å²) in [7, 11) is 0. The number of aromatic nitrogens is 2. The topological polar surface area (TPSA) is 93.5 Å². The number of aryl methyl sites for hydroxylation is 2. The normalized spacial score (nSPS) is 11.2. The number of hydrogen-bond donors (Lipinski definition) is 1. The summed E-state index contributed by atoms with van der Waals surface area (Å²) in [5.41, 5.74) is 1.28. The summed E-state index contributed by atoms with van der Waals surface area (Å²) in [6, 6.07) is 6.66. The van der Waals surface area contributed by atoms with Gasteiger partial charge in [0.25, 0.3) is 5.56 Å². The second-order valence-electron chi connectivity index (χ2n) is 7.66. The van der Waals surface area contributed by atoms with E-state index in [1.54, 1.807) is 31.2 Å². The lowest BCUT2D eigenvalue weighted by molar-refractivity contribution is -0.116. The van der Waals surface area contributed by atoms with E-state index in [-0.39, 0.29) is 24.3 Å². The van der Waals surface area contributed by atoms with Gasteiger partial charge in [-0.2, -0.15) is 0 Å². The van der Waals surface area contributed by atoms with Crippen molar-refractivity contribution >= 4 is 39.1 Å². The van der Waals surface area contributed by atoms with Crippen LogP contribution in [0.3, 0.4) is 0 Å². The molecule has 3 rings (SSSR count). The van der Waals surface area contributed by atoms with Crippen LogP contribution in [0.5, 0.6) is 0 Å². The van der Waals surface area contributed by atoms with Gasteiger partial charge in [0.1, 0.15) is 17.2 Å². The molecule has 0 atom stereocenters. The van der Waals surface area contributed by atoms with Crippen LogP contribution in [0, 0.1) is 13.8 Å². The Bertz CT molecular complexity index is 1230. The molecule has 0 bridgehead atoms. The number of rotatable bonds is 9. The lowest BCUT2D eigenvalue weighted by atomic mass is 10.2. The Kier molecular flexibility index (Phi) is 7.99. The quantitative estimate of drug-likeness (QED) is 0.479. The second kappa shape index (κ2) is 10.7. The van der Waals surface area contributed by atoms with Gasteiger partial charge >= 0.3 is 5.97 Å². The predicted molar refractivity (Wildman–Crippen MR) is 131 cm³/mol. The van der Waals surface area contributed by atoms with Crippen molar-refractivity contribution in [3.8, 4) is 0 Å². The van der Waals surface area contributed by atoms with Crippen LogP contribution in [0.4, 0.5) is 5.69 Å². The number of carbonyl (C=O) groups is 2. The van der Waals surface area contributed by atoms with Crippen LogP contribution in [0.15, 0.2) is 29.1 Å². The molecule has 0 spiro atoms. The highest BCUT2D eigenvalue weighted by Gasteiger charge is 2.20. The Labute approximate surface area is 197 Å². The van der Waals surface area contributed by atoms with Crippen LogP contribution in [0.2, 0.25) is 0 Å². The standard InChI is InChI=1S/C24H30N4O4S/c1-6-27(7-2)13-19-26-22-21(15(4)16(5)33-22)23(30)28(19)14-20(29)25-18-12-10-9-11-17(18)24(31)32-8-3/h9-12H,6-8,13-14H2,1-5H3,(H,25,29). The number of esters is 1. The van der Waals surface area contributed by atoms with E-state index < -0.39 is 11.9 Å². The summed E-state index contributed by atoms with van der Waals surface area (Å²) in [5.74, 6) is -0.382. The largest absolute Gasteiger partial charge is 0.462 e. The minimum absolute atomic E-state index is 0.204. The van der Waals surface area contributed by atoms with E-state index in [4.69, 9.17) is 9.72 Å². The van der Waals surface area contributed by atoms with Crippen molar-refractivity contribution in [2.24, 2.45) is 0 Å². The molecule has 0 aliphatic rings. The highest BCUT2D eigenvalue weighted by atomic mass is 32.1. The van der Waals surface area contributed by atoms with Crippen molar-refractivity contribution in [3.63, 3.8) is 0 Å². The second-order valence-corrected chi connectivity index (χ2v) is 8.86. The van der Waals surface area contributed by atoms with E-state index in [1.165, 1.54) is 15.9 Å². The molecule has 1 amide bonds. The fourth-order valence-electron chi connectivity index (χ4n) is 3.61. The molecule has 0 unspecified atom stereocenters. The third kappa shape index (κ3) is 5.31. The van der Waals surface area contributed by atoms with Crippen molar-refractivity contribution in [1.29, 1.82) is 0 Å². The van der Waals surface area contributed by atoms with Crippen molar-refractivity contribution in [2.75, 3.05) is 25.0 Å². The minimum atomic E-state index is -0.514. The number of carbonyl (C=O) groups excluding carboxylic acids is 2. The zero-order valence-electron chi connectivity index (χ0n) is 19.7. The predicted octanol–water partition coefficient (Wildman–Crippen LogP) is 3.73. The fourth-order valence-corrected chi connectivity index (χ4v) is 4.65. The van der Waals surface area contributed by atoms with Gasteiger partial charge in [-0.15, -0.1) is 11.3 Å². The molecule has 8 nitrogen and oxygen atoms in total. The van der Waals surface area contributed by atoms with E-state index in [2.05, 4.69) is 10.2 Å². The van der Waals surface area contributed by atoms with Gasteiger partial charge in [0, 0.05) is 4.88 Å². The maximum Gasteiger partial charge on any atom is 0.340 e. The molecular formula is C24H30N4O4S. The number of anilines is 1. The molecule has 0 saturated heterocycles. The molecule has 3 aromatic rings. The zero-order valence-corrected chi connectivity index (χ0v) is 20.5. The van der Waals surface area contributed by atoms with Gasteiger partial charge in [-0.1, -0.05) is 26.0 Å². The number of nitrogens with one attached hydrogen (secondary N) is 1. The molecular weight excluding hydrogens is 440 g/mol. The van der Waals surface area contributed by atoms with E-state index in [0.29, 0.717) is 28.3 Å². The molecule has 2 aromatic heterocycles. The van der Waals surface area contributed by atoms with Crippen LogP contribution in [-0.2, 0) is 22.6 Å². The molecule has 0 radical (unpaired) electrons. The molecule has 1 N–H and O–H groups in total. The Morgan fingerprint density at radius 1 is 1.15 bits per heavy atom. The Morgan fingerprint density at radius 3 is 2.52 bits per heavy atom. The van der Waals surface area contributed by atoms with Crippen LogP contribution in [0.25, 0.3) is 10.2 Å². The van der Waals surface area contributed by atoms with Gasteiger partial charge in [0.15, 0.2) is 0 Å². The van der Waals surface area contributed by atoms with Gasteiger partial charge in [0.05, 0.1) is 29.8 Å². The lowest BCUT2D eigenvalue weighted by Crippen LogP contribution is -2.34. The van der Waals surface area contributed by atoms with Crippen molar-refractivity contribution in [3.05, 3.63) is 56.4 Å². The SMILES string of the molecule is CCOC(=O)c1ccccc1NC(=O)Cn1c(CN(CC)CC)nc2sc(C)c(C)c2c1=O. The highest BCUT2D eigenvalue weighted by molar-refractivity contribution is 7.18. The molecule has 0 fully saturated rings. The highest BCUT2D eigenvalue weighted by Crippen LogP contribution is 2.26. The van der Waals surface area contributed by atoms with E-state index >= 15 is 0 Å². The number of thiophene rings is 1. The summed E-state index contributed by atoms with van der Waals surface area (Å²) in [6.45, 7) is 11.8. The molecule has 2 heterocycles. The van der Waals surface area contributed by atoms with Gasteiger partial charge in [-0.05, 0) is 51.6 Å². The molecule has 9 heteroatoms. The zero-order chi connectivity index (χ0) is 24.1. The minimum Gasteiger partial charge on any atom is -0.462 e. The van der Waals surface area contributed by atoms with Crippen molar-refractivity contribution < 1.29 is 14.3 Å². The number of para-hydroxylation sites is 1. The number of hydrogen-bond acceptors (Lipinski definition) is 7. The molecule has 176 valence electrons. The number of amides is 1. The monoisotopic (exact) mass is 470 g/mol. The maximum atomic E-state index is 13.4. The maximum absolute atomic E-state index is 13.4. The Hall–Kier alpha value is -3.04. The lowest BCUT2D eigenvalue weighted by Gasteiger charge is -2.20. The number of nitrogens with zero attached hydrogens (tertiary/aromatic N) is 3. The van der Waals surface area contributed by atoms with E-state index in [9.17, 15) is 14.4 Å². The average Bonchev–Trinajstić information content (AvgIpc) is 3.08. The Morgan fingerprint density at radius 2 is 1.85 bits per heavy atom.